The first-order valence-corrected chi connectivity index (χ1v) is 12.1. The van der Waals surface area contributed by atoms with E-state index in [4.69, 9.17) is 35.4 Å². The number of hydrogen-bond acceptors (Lipinski definition) is 4. The van der Waals surface area contributed by atoms with E-state index < -0.39 is 0 Å². The van der Waals surface area contributed by atoms with Gasteiger partial charge in [-0.3, -0.25) is 14.9 Å². The molecule has 0 radical (unpaired) electrons. The van der Waals surface area contributed by atoms with E-state index in [0.717, 1.165) is 24.5 Å². The van der Waals surface area contributed by atoms with Gasteiger partial charge in [-0.05, 0) is 60.3 Å². The molecule has 0 aromatic heterocycles. The van der Waals surface area contributed by atoms with Crippen LogP contribution in [-0.4, -0.2) is 48.0 Å². The summed E-state index contributed by atoms with van der Waals surface area (Å²) < 4.78 is 0. The van der Waals surface area contributed by atoms with Gasteiger partial charge < -0.3 is 15.1 Å². The molecule has 1 fully saturated rings. The second kappa shape index (κ2) is 11.2. The zero-order valence-corrected chi connectivity index (χ0v) is 21.7. The lowest BCUT2D eigenvalue weighted by Gasteiger charge is -2.38. The quantitative estimate of drug-likeness (QED) is 0.429. The van der Waals surface area contributed by atoms with Gasteiger partial charge in [0.1, 0.15) is 0 Å². The van der Waals surface area contributed by atoms with Crippen molar-refractivity contribution in [2.24, 2.45) is 5.41 Å². The van der Waals surface area contributed by atoms with Gasteiger partial charge in [0.25, 0.3) is 0 Å². The van der Waals surface area contributed by atoms with Crippen LogP contribution >= 0.6 is 35.4 Å². The molecule has 6 nitrogen and oxygen atoms in total. The monoisotopic (exact) mass is 518 g/mol. The van der Waals surface area contributed by atoms with E-state index in [1.54, 1.807) is 24.3 Å². The molecule has 0 spiro atoms. The Bertz CT molecular complexity index is 1090. The van der Waals surface area contributed by atoms with Crippen LogP contribution in [0.4, 0.5) is 11.4 Å². The van der Waals surface area contributed by atoms with Gasteiger partial charge in [-0.2, -0.15) is 0 Å². The number of rotatable bonds is 4. The highest BCUT2D eigenvalue weighted by molar-refractivity contribution is 7.80. The Balaban J connectivity index is 1.49. The van der Waals surface area contributed by atoms with E-state index in [0.29, 0.717) is 28.7 Å². The average molecular weight is 519 g/mol. The maximum absolute atomic E-state index is 12.5. The first-order chi connectivity index (χ1) is 16.0. The van der Waals surface area contributed by atoms with Crippen LogP contribution in [0, 0.1) is 5.41 Å². The Kier molecular flexibility index (Phi) is 8.57. The fourth-order valence-corrected chi connectivity index (χ4v) is 4.21. The lowest BCUT2D eigenvalue weighted by molar-refractivity contribution is -0.139. The third-order valence-electron chi connectivity index (χ3n) is 5.31. The zero-order valence-electron chi connectivity index (χ0n) is 19.4. The van der Waals surface area contributed by atoms with E-state index >= 15 is 0 Å². The summed E-state index contributed by atoms with van der Waals surface area (Å²) in [5, 5.41) is 6.80. The fraction of sp³-hybridized carbons (Fsp3) is 0.320. The van der Waals surface area contributed by atoms with Gasteiger partial charge in [-0.15, -0.1) is 0 Å². The van der Waals surface area contributed by atoms with Crippen LogP contribution in [0.2, 0.25) is 10.0 Å². The second-order valence-electron chi connectivity index (χ2n) is 9.02. The number of anilines is 2. The lowest BCUT2D eigenvalue weighted by atomic mass is 9.94. The third-order valence-corrected chi connectivity index (χ3v) is 6.08. The Morgan fingerprint density at radius 1 is 1.00 bits per heavy atom. The molecule has 0 aliphatic carbocycles. The second-order valence-corrected chi connectivity index (χ2v) is 10.3. The number of halogens is 2. The smallest absolute Gasteiger partial charge is 0.250 e. The molecule has 0 unspecified atom stereocenters. The molecule has 2 amide bonds. The Morgan fingerprint density at radius 3 is 2.24 bits per heavy atom. The summed E-state index contributed by atoms with van der Waals surface area (Å²) in [5.74, 6) is -0.184. The van der Waals surface area contributed by atoms with E-state index in [2.05, 4.69) is 15.5 Å². The molecule has 180 valence electrons. The summed E-state index contributed by atoms with van der Waals surface area (Å²) in [4.78, 5) is 28.8. The standard InChI is InChI=1S/C25H28Cl2N4O2S/c1-25(2,3)23(33)31-14-12-30(13-15-31)20-9-7-19(8-10-20)28-24(34)29-22(32)11-5-17-4-6-18(26)16-21(17)27/h4-11,16H,12-15H2,1-3H3,(H2,28,29,32,34)/b11-5+. The number of carbonyl (C=O) groups is 2. The molecule has 0 saturated carbocycles. The average Bonchev–Trinajstić information content (AvgIpc) is 2.78. The first-order valence-electron chi connectivity index (χ1n) is 10.9. The SMILES string of the molecule is CC(C)(C)C(=O)N1CCN(c2ccc(NC(=S)NC(=O)/C=C/c3ccc(Cl)cc3Cl)cc2)CC1. The molecule has 1 saturated heterocycles. The largest absolute Gasteiger partial charge is 0.368 e. The van der Waals surface area contributed by atoms with Crippen molar-refractivity contribution in [3.63, 3.8) is 0 Å². The topological polar surface area (TPSA) is 64.7 Å². The predicted molar refractivity (Wildman–Crippen MR) is 145 cm³/mol. The molecule has 1 heterocycles. The Morgan fingerprint density at radius 2 is 1.65 bits per heavy atom. The van der Waals surface area contributed by atoms with Crippen LogP contribution < -0.4 is 15.5 Å². The number of amides is 2. The molecular weight excluding hydrogens is 491 g/mol. The summed E-state index contributed by atoms with van der Waals surface area (Å²) in [6, 6.07) is 12.9. The van der Waals surface area contributed by atoms with Crippen molar-refractivity contribution in [1.82, 2.24) is 10.2 Å². The molecule has 3 rings (SSSR count). The normalized spacial score (nSPS) is 14.3. The van der Waals surface area contributed by atoms with Gasteiger partial charge in [0, 0.05) is 59.1 Å². The molecule has 0 bridgehead atoms. The van der Waals surface area contributed by atoms with Crippen LogP contribution in [0.1, 0.15) is 26.3 Å². The maximum Gasteiger partial charge on any atom is 0.250 e. The highest BCUT2D eigenvalue weighted by Crippen LogP contribution is 2.23. The van der Waals surface area contributed by atoms with Gasteiger partial charge in [-0.25, -0.2) is 0 Å². The number of hydrogen-bond donors (Lipinski definition) is 2. The van der Waals surface area contributed by atoms with Crippen LogP contribution in [-0.2, 0) is 9.59 Å². The molecule has 9 heteroatoms. The van der Waals surface area contributed by atoms with Crippen molar-refractivity contribution in [2.75, 3.05) is 36.4 Å². The highest BCUT2D eigenvalue weighted by atomic mass is 35.5. The first kappa shape index (κ1) is 26.0. The lowest BCUT2D eigenvalue weighted by Crippen LogP contribution is -2.51. The van der Waals surface area contributed by atoms with Crippen molar-refractivity contribution in [2.45, 2.75) is 20.8 Å². The third kappa shape index (κ3) is 7.19. The molecule has 2 N–H and O–H groups in total. The van der Waals surface area contributed by atoms with Crippen LogP contribution in [0.25, 0.3) is 6.08 Å². The Hall–Kier alpha value is -2.61. The van der Waals surface area contributed by atoms with E-state index in [9.17, 15) is 9.59 Å². The van der Waals surface area contributed by atoms with Crippen molar-refractivity contribution in [3.05, 3.63) is 64.1 Å². The molecule has 34 heavy (non-hydrogen) atoms. The summed E-state index contributed by atoms with van der Waals surface area (Å²) in [6.07, 6.45) is 2.95. The summed E-state index contributed by atoms with van der Waals surface area (Å²) in [6.45, 7) is 8.84. The van der Waals surface area contributed by atoms with Crippen molar-refractivity contribution < 1.29 is 9.59 Å². The zero-order chi connectivity index (χ0) is 24.9. The van der Waals surface area contributed by atoms with E-state index in [1.807, 2.05) is 49.9 Å². The van der Waals surface area contributed by atoms with Gasteiger partial charge >= 0.3 is 0 Å². The number of thiocarbonyl (C=S) groups is 1. The molecule has 1 aliphatic rings. The van der Waals surface area contributed by atoms with Crippen molar-refractivity contribution in [1.29, 1.82) is 0 Å². The number of nitrogens with zero attached hydrogens (tertiary/aromatic N) is 2. The number of nitrogens with one attached hydrogen (secondary N) is 2. The Labute approximate surface area is 215 Å². The number of piperazine rings is 1. The maximum atomic E-state index is 12.5. The van der Waals surface area contributed by atoms with Gasteiger partial charge in [-0.1, -0.05) is 50.0 Å². The molecule has 1 aliphatic heterocycles. The predicted octanol–water partition coefficient (Wildman–Crippen LogP) is 5.21. The van der Waals surface area contributed by atoms with Crippen molar-refractivity contribution in [3.8, 4) is 0 Å². The van der Waals surface area contributed by atoms with Crippen molar-refractivity contribution >= 4 is 69.8 Å². The molecule has 2 aromatic carbocycles. The van der Waals surface area contributed by atoms with Crippen LogP contribution in [0.15, 0.2) is 48.5 Å². The molecule has 0 atom stereocenters. The van der Waals surface area contributed by atoms with Gasteiger partial charge in [0.2, 0.25) is 11.8 Å². The van der Waals surface area contributed by atoms with E-state index in [-0.39, 0.29) is 22.3 Å². The van der Waals surface area contributed by atoms with Gasteiger partial charge in [0.05, 0.1) is 0 Å². The summed E-state index contributed by atoms with van der Waals surface area (Å²) >= 11 is 17.2. The summed E-state index contributed by atoms with van der Waals surface area (Å²) in [5.41, 5.74) is 2.16. The minimum absolute atomic E-state index is 0.188. The van der Waals surface area contributed by atoms with E-state index in [1.165, 1.54) is 6.08 Å². The summed E-state index contributed by atoms with van der Waals surface area (Å²) in [7, 11) is 0. The highest BCUT2D eigenvalue weighted by Gasteiger charge is 2.29. The van der Waals surface area contributed by atoms with Crippen LogP contribution in [0.3, 0.4) is 0 Å². The molecule has 2 aromatic rings. The number of benzene rings is 2. The van der Waals surface area contributed by atoms with Crippen LogP contribution in [0.5, 0.6) is 0 Å². The minimum atomic E-state index is -0.372. The molecular formula is C25H28Cl2N4O2S. The number of carbonyl (C=O) groups excluding carboxylic acids is 2. The fourth-order valence-electron chi connectivity index (χ4n) is 3.52. The van der Waals surface area contributed by atoms with Gasteiger partial charge in [0.15, 0.2) is 5.11 Å². The minimum Gasteiger partial charge on any atom is -0.368 e.